The van der Waals surface area contributed by atoms with Crippen LogP contribution in [0.25, 0.3) is 0 Å². The Morgan fingerprint density at radius 2 is 2.13 bits per heavy atom. The molecule has 0 heterocycles. The highest BCUT2D eigenvalue weighted by atomic mass is 35.5. The minimum atomic E-state index is 0.529. The molecule has 0 spiro atoms. The summed E-state index contributed by atoms with van der Waals surface area (Å²) < 4.78 is 5.34. The SMILES string of the molecule is COc1cc(C)c(Cl)cc1CC(C)CS. The van der Waals surface area contributed by atoms with E-state index in [1.807, 2.05) is 19.1 Å². The third-order valence-corrected chi connectivity index (χ3v) is 3.47. The molecule has 1 unspecified atom stereocenters. The molecule has 0 radical (unpaired) electrons. The summed E-state index contributed by atoms with van der Waals surface area (Å²) in [6, 6.07) is 3.98. The minimum Gasteiger partial charge on any atom is -0.496 e. The molecule has 0 aliphatic rings. The van der Waals surface area contributed by atoms with Crippen LogP contribution in [0.3, 0.4) is 0 Å². The first-order valence-corrected chi connectivity index (χ1v) is 6.03. The van der Waals surface area contributed by atoms with Crippen molar-refractivity contribution in [1.29, 1.82) is 0 Å². The van der Waals surface area contributed by atoms with Gasteiger partial charge < -0.3 is 4.74 Å². The Morgan fingerprint density at radius 1 is 1.47 bits per heavy atom. The van der Waals surface area contributed by atoms with Crippen molar-refractivity contribution < 1.29 is 4.74 Å². The molecule has 84 valence electrons. The molecular weight excluding hydrogens is 228 g/mol. The van der Waals surface area contributed by atoms with Crippen molar-refractivity contribution in [2.45, 2.75) is 20.3 Å². The molecule has 1 aromatic rings. The molecule has 3 heteroatoms. The molecule has 0 N–H and O–H groups in total. The van der Waals surface area contributed by atoms with Crippen molar-refractivity contribution in [3.63, 3.8) is 0 Å². The van der Waals surface area contributed by atoms with Crippen molar-refractivity contribution in [2.75, 3.05) is 12.9 Å². The molecular formula is C12H17ClOS. The lowest BCUT2D eigenvalue weighted by Crippen LogP contribution is -2.03. The molecule has 1 aromatic carbocycles. The van der Waals surface area contributed by atoms with Crippen molar-refractivity contribution in [3.05, 3.63) is 28.3 Å². The van der Waals surface area contributed by atoms with Crippen LogP contribution in [0.4, 0.5) is 0 Å². The first-order chi connectivity index (χ1) is 7.08. The third kappa shape index (κ3) is 3.32. The second kappa shape index (κ2) is 5.66. The van der Waals surface area contributed by atoms with Crippen molar-refractivity contribution >= 4 is 24.2 Å². The predicted molar refractivity (Wildman–Crippen MR) is 69.5 cm³/mol. The molecule has 0 aliphatic carbocycles. The zero-order valence-corrected chi connectivity index (χ0v) is 11.0. The van der Waals surface area contributed by atoms with E-state index in [4.69, 9.17) is 16.3 Å². The molecule has 0 saturated heterocycles. The van der Waals surface area contributed by atoms with Gasteiger partial charge in [0.05, 0.1) is 7.11 Å². The highest BCUT2D eigenvalue weighted by molar-refractivity contribution is 7.80. The highest BCUT2D eigenvalue weighted by Gasteiger charge is 2.09. The highest BCUT2D eigenvalue weighted by Crippen LogP contribution is 2.28. The van der Waals surface area contributed by atoms with Gasteiger partial charge in [-0.1, -0.05) is 18.5 Å². The largest absolute Gasteiger partial charge is 0.496 e. The van der Waals surface area contributed by atoms with Crippen molar-refractivity contribution in [2.24, 2.45) is 5.92 Å². The van der Waals surface area contributed by atoms with E-state index in [1.165, 1.54) is 0 Å². The summed E-state index contributed by atoms with van der Waals surface area (Å²) in [7, 11) is 1.69. The van der Waals surface area contributed by atoms with E-state index in [0.29, 0.717) is 5.92 Å². The monoisotopic (exact) mass is 244 g/mol. The van der Waals surface area contributed by atoms with E-state index < -0.39 is 0 Å². The first-order valence-electron chi connectivity index (χ1n) is 5.02. The summed E-state index contributed by atoms with van der Waals surface area (Å²) in [6.45, 7) is 4.15. The normalized spacial score (nSPS) is 12.6. The first kappa shape index (κ1) is 12.7. The van der Waals surface area contributed by atoms with Crippen LogP contribution in [0, 0.1) is 12.8 Å². The zero-order valence-electron chi connectivity index (χ0n) is 9.38. The molecule has 0 amide bonds. The van der Waals surface area contributed by atoms with Gasteiger partial charge in [-0.3, -0.25) is 0 Å². The Bertz CT molecular complexity index is 339. The van der Waals surface area contributed by atoms with Crippen molar-refractivity contribution in [3.8, 4) is 5.75 Å². The Morgan fingerprint density at radius 3 is 2.67 bits per heavy atom. The van der Waals surface area contributed by atoms with Gasteiger partial charge in [-0.25, -0.2) is 0 Å². The molecule has 0 bridgehead atoms. The fourth-order valence-corrected chi connectivity index (χ4v) is 1.80. The molecule has 15 heavy (non-hydrogen) atoms. The van der Waals surface area contributed by atoms with Crippen LogP contribution < -0.4 is 4.74 Å². The van der Waals surface area contributed by atoms with E-state index in [2.05, 4.69) is 19.6 Å². The molecule has 1 nitrogen and oxygen atoms in total. The van der Waals surface area contributed by atoms with Gasteiger partial charge in [-0.05, 0) is 48.3 Å². The molecule has 0 aliphatic heterocycles. The van der Waals surface area contributed by atoms with E-state index >= 15 is 0 Å². The summed E-state index contributed by atoms with van der Waals surface area (Å²) in [5.41, 5.74) is 2.21. The fourth-order valence-electron chi connectivity index (χ4n) is 1.49. The fraction of sp³-hybridized carbons (Fsp3) is 0.500. The zero-order chi connectivity index (χ0) is 11.4. The molecule has 1 rings (SSSR count). The van der Waals surface area contributed by atoms with Crippen LogP contribution in [0.15, 0.2) is 12.1 Å². The lowest BCUT2D eigenvalue weighted by molar-refractivity contribution is 0.406. The summed E-state index contributed by atoms with van der Waals surface area (Å²) in [4.78, 5) is 0. The standard InChI is InChI=1S/C12H17ClOS/c1-8(7-15)4-10-6-11(13)9(2)5-12(10)14-3/h5-6,8,15H,4,7H2,1-3H3. The number of rotatable bonds is 4. The van der Waals surface area contributed by atoms with Gasteiger partial charge in [0.1, 0.15) is 5.75 Å². The lowest BCUT2D eigenvalue weighted by atomic mass is 10.0. The van der Waals surface area contributed by atoms with Gasteiger partial charge >= 0.3 is 0 Å². The van der Waals surface area contributed by atoms with E-state index in [1.54, 1.807) is 7.11 Å². The summed E-state index contributed by atoms with van der Waals surface area (Å²) >= 11 is 10.4. The van der Waals surface area contributed by atoms with Gasteiger partial charge in [0.2, 0.25) is 0 Å². The smallest absolute Gasteiger partial charge is 0.122 e. The van der Waals surface area contributed by atoms with Crippen LogP contribution >= 0.6 is 24.2 Å². The van der Waals surface area contributed by atoms with E-state index in [9.17, 15) is 0 Å². The van der Waals surface area contributed by atoms with Crippen LogP contribution in [-0.2, 0) is 6.42 Å². The van der Waals surface area contributed by atoms with Gasteiger partial charge in [0.15, 0.2) is 0 Å². The second-order valence-corrected chi connectivity index (χ2v) is 4.68. The lowest BCUT2D eigenvalue weighted by Gasteiger charge is -2.13. The van der Waals surface area contributed by atoms with Gasteiger partial charge in [0.25, 0.3) is 0 Å². The summed E-state index contributed by atoms with van der Waals surface area (Å²) in [5, 5.41) is 0.803. The Balaban J connectivity index is 2.99. The van der Waals surface area contributed by atoms with E-state index in [-0.39, 0.29) is 0 Å². The average Bonchev–Trinajstić information content (AvgIpc) is 2.22. The van der Waals surface area contributed by atoms with Crippen molar-refractivity contribution in [1.82, 2.24) is 0 Å². The Hall–Kier alpha value is -0.340. The van der Waals surface area contributed by atoms with Gasteiger partial charge in [-0.2, -0.15) is 12.6 Å². The quantitative estimate of drug-likeness (QED) is 0.794. The molecule has 0 fully saturated rings. The summed E-state index contributed by atoms with van der Waals surface area (Å²) in [6.07, 6.45) is 0.951. The van der Waals surface area contributed by atoms with Crippen LogP contribution in [0.5, 0.6) is 5.75 Å². The van der Waals surface area contributed by atoms with Gasteiger partial charge in [0, 0.05) is 5.02 Å². The number of ether oxygens (including phenoxy) is 1. The number of thiol groups is 1. The van der Waals surface area contributed by atoms with Crippen LogP contribution in [-0.4, -0.2) is 12.9 Å². The Labute approximate surface area is 102 Å². The molecule has 0 aromatic heterocycles. The third-order valence-electron chi connectivity index (χ3n) is 2.44. The number of hydrogen-bond acceptors (Lipinski definition) is 2. The number of aryl methyl sites for hydroxylation is 1. The Kier molecular flexibility index (Phi) is 4.81. The molecule has 1 atom stereocenters. The number of benzene rings is 1. The average molecular weight is 245 g/mol. The van der Waals surface area contributed by atoms with Gasteiger partial charge in [-0.15, -0.1) is 0 Å². The topological polar surface area (TPSA) is 9.23 Å². The maximum absolute atomic E-state index is 6.09. The number of hydrogen-bond donors (Lipinski definition) is 1. The maximum Gasteiger partial charge on any atom is 0.122 e. The van der Waals surface area contributed by atoms with E-state index in [0.717, 1.165) is 34.1 Å². The predicted octanol–water partition coefficient (Wildman–Crippen LogP) is 3.77. The van der Waals surface area contributed by atoms with Crippen LogP contribution in [0.1, 0.15) is 18.1 Å². The minimum absolute atomic E-state index is 0.529. The number of methoxy groups -OCH3 is 1. The van der Waals surface area contributed by atoms with Crippen LogP contribution in [0.2, 0.25) is 5.02 Å². The number of halogens is 1. The second-order valence-electron chi connectivity index (χ2n) is 3.91. The summed E-state index contributed by atoms with van der Waals surface area (Å²) in [5.74, 6) is 2.32. The molecule has 0 saturated carbocycles. The maximum atomic E-state index is 6.09.